The monoisotopic (exact) mass is 290 g/mol. The van der Waals surface area contributed by atoms with Crippen LogP contribution in [0.2, 0.25) is 0 Å². The van der Waals surface area contributed by atoms with Crippen LogP contribution < -0.4 is 4.74 Å². The van der Waals surface area contributed by atoms with Gasteiger partial charge in [0.15, 0.2) is 0 Å². The number of aromatic amines is 1. The van der Waals surface area contributed by atoms with Crippen molar-refractivity contribution in [3.8, 4) is 28.1 Å². The van der Waals surface area contributed by atoms with Gasteiger partial charge in [-0.05, 0) is 40.8 Å². The number of ether oxygens (including phenoxy) is 1. The van der Waals surface area contributed by atoms with E-state index < -0.39 is 0 Å². The Balaban J connectivity index is 1.76. The molecule has 0 spiro atoms. The fraction of sp³-hybridized carbons (Fsp3) is 0.211. The Hall–Kier alpha value is -2.55. The zero-order valence-electron chi connectivity index (χ0n) is 12.8. The topological polar surface area (TPSA) is 37.9 Å². The zero-order chi connectivity index (χ0) is 15.1. The molecule has 1 N–H and O–H groups in total. The van der Waals surface area contributed by atoms with Crippen LogP contribution >= 0.6 is 0 Å². The number of nitrogens with one attached hydrogen (secondary N) is 1. The molecule has 0 bridgehead atoms. The van der Waals surface area contributed by atoms with Crippen LogP contribution in [0.5, 0.6) is 5.75 Å². The first-order valence-corrected chi connectivity index (χ1v) is 7.63. The van der Waals surface area contributed by atoms with Crippen molar-refractivity contribution >= 4 is 0 Å². The fourth-order valence-corrected chi connectivity index (χ4v) is 3.27. The molecule has 3 heteroatoms. The normalized spacial score (nSPS) is 12.1. The lowest BCUT2D eigenvalue weighted by atomic mass is 9.97. The van der Waals surface area contributed by atoms with Gasteiger partial charge in [0.05, 0.1) is 12.8 Å². The van der Waals surface area contributed by atoms with Crippen molar-refractivity contribution in [2.75, 3.05) is 7.11 Å². The van der Waals surface area contributed by atoms with Gasteiger partial charge in [0.25, 0.3) is 0 Å². The van der Waals surface area contributed by atoms with Gasteiger partial charge in [-0.15, -0.1) is 0 Å². The maximum Gasteiger partial charge on any atom is 0.122 e. The number of aryl methyl sites for hydroxylation is 1. The third-order valence-corrected chi connectivity index (χ3v) is 4.46. The van der Waals surface area contributed by atoms with Crippen LogP contribution in [0.4, 0.5) is 0 Å². The van der Waals surface area contributed by atoms with E-state index in [2.05, 4.69) is 53.5 Å². The highest BCUT2D eigenvalue weighted by molar-refractivity contribution is 5.78. The number of hydrogen-bond acceptors (Lipinski definition) is 2. The van der Waals surface area contributed by atoms with Gasteiger partial charge in [0, 0.05) is 23.7 Å². The van der Waals surface area contributed by atoms with Crippen LogP contribution in [0.15, 0.2) is 42.6 Å². The number of benzene rings is 2. The van der Waals surface area contributed by atoms with E-state index in [0.29, 0.717) is 0 Å². The second kappa shape index (κ2) is 5.02. The molecule has 0 atom stereocenters. The standard InChI is InChI=1S/C19H18N2O/c1-3-12-8-14(5-7-18(12)22-2)13-4-6-17-15(9-13)10-16-11-20-21-19(16)17/h4-9,11H,3,10H2,1-2H3,(H,20,21). The Morgan fingerprint density at radius 1 is 1.09 bits per heavy atom. The third kappa shape index (κ3) is 1.93. The zero-order valence-corrected chi connectivity index (χ0v) is 12.8. The van der Waals surface area contributed by atoms with Crippen molar-refractivity contribution in [2.24, 2.45) is 0 Å². The molecule has 1 aliphatic rings. The molecule has 0 saturated heterocycles. The number of rotatable bonds is 3. The molecule has 2 aromatic carbocycles. The highest BCUT2D eigenvalue weighted by Crippen LogP contribution is 2.37. The third-order valence-electron chi connectivity index (χ3n) is 4.46. The van der Waals surface area contributed by atoms with E-state index in [0.717, 1.165) is 24.3 Å². The quantitative estimate of drug-likeness (QED) is 0.613. The molecule has 3 aromatic rings. The van der Waals surface area contributed by atoms with Gasteiger partial charge in [0.2, 0.25) is 0 Å². The van der Waals surface area contributed by atoms with E-state index in [4.69, 9.17) is 4.74 Å². The molecule has 22 heavy (non-hydrogen) atoms. The summed E-state index contributed by atoms with van der Waals surface area (Å²) in [6.07, 6.45) is 3.93. The summed E-state index contributed by atoms with van der Waals surface area (Å²) in [5.74, 6) is 0.965. The number of fused-ring (bicyclic) bond motifs is 3. The molecule has 0 saturated carbocycles. The maximum absolute atomic E-state index is 5.42. The Kier molecular flexibility index (Phi) is 3.00. The first-order valence-electron chi connectivity index (χ1n) is 7.63. The Labute approximate surface area is 130 Å². The smallest absolute Gasteiger partial charge is 0.122 e. The fourth-order valence-electron chi connectivity index (χ4n) is 3.27. The highest BCUT2D eigenvalue weighted by atomic mass is 16.5. The van der Waals surface area contributed by atoms with Gasteiger partial charge in [0.1, 0.15) is 5.75 Å². The van der Waals surface area contributed by atoms with Gasteiger partial charge >= 0.3 is 0 Å². The number of nitrogens with zero attached hydrogens (tertiary/aromatic N) is 1. The Bertz CT molecular complexity index is 848. The summed E-state index contributed by atoms with van der Waals surface area (Å²) >= 11 is 0. The lowest BCUT2D eigenvalue weighted by Crippen LogP contribution is -1.92. The van der Waals surface area contributed by atoms with Crippen molar-refractivity contribution in [1.29, 1.82) is 0 Å². The van der Waals surface area contributed by atoms with Crippen LogP contribution in [-0.4, -0.2) is 17.3 Å². The van der Waals surface area contributed by atoms with Crippen LogP contribution in [0, 0.1) is 0 Å². The first-order chi connectivity index (χ1) is 10.8. The minimum absolute atomic E-state index is 0.964. The SMILES string of the molecule is CCc1cc(-c2ccc3c(c2)Cc2c[nH]nc2-3)ccc1OC. The molecule has 0 radical (unpaired) electrons. The number of aromatic nitrogens is 2. The molecular formula is C19H18N2O. The molecule has 0 unspecified atom stereocenters. The van der Waals surface area contributed by atoms with Gasteiger partial charge in [-0.25, -0.2) is 0 Å². The van der Waals surface area contributed by atoms with Crippen LogP contribution in [0.25, 0.3) is 22.4 Å². The van der Waals surface area contributed by atoms with Crippen LogP contribution in [0.3, 0.4) is 0 Å². The molecule has 3 nitrogen and oxygen atoms in total. The van der Waals surface area contributed by atoms with E-state index in [9.17, 15) is 0 Å². The molecule has 1 aliphatic carbocycles. The largest absolute Gasteiger partial charge is 0.496 e. The summed E-state index contributed by atoms with van der Waals surface area (Å²) < 4.78 is 5.42. The first kappa shape index (κ1) is 13.1. The predicted molar refractivity (Wildman–Crippen MR) is 88.2 cm³/mol. The average Bonchev–Trinajstić information content (AvgIpc) is 3.14. The predicted octanol–water partition coefficient (Wildman–Crippen LogP) is 4.22. The summed E-state index contributed by atoms with van der Waals surface area (Å²) in [6, 6.07) is 13.1. The molecule has 0 amide bonds. The summed E-state index contributed by atoms with van der Waals surface area (Å²) in [6.45, 7) is 2.16. The average molecular weight is 290 g/mol. The van der Waals surface area contributed by atoms with Crippen molar-refractivity contribution in [3.63, 3.8) is 0 Å². The molecule has 0 aliphatic heterocycles. The lowest BCUT2D eigenvalue weighted by molar-refractivity contribution is 0.410. The summed E-state index contributed by atoms with van der Waals surface area (Å²) in [5, 5.41) is 7.30. The highest BCUT2D eigenvalue weighted by Gasteiger charge is 2.21. The summed E-state index contributed by atoms with van der Waals surface area (Å²) in [5.41, 5.74) is 8.74. The van der Waals surface area contributed by atoms with Crippen molar-refractivity contribution < 1.29 is 4.74 Å². The van der Waals surface area contributed by atoms with Gasteiger partial charge in [-0.2, -0.15) is 5.10 Å². The van der Waals surface area contributed by atoms with Crippen LogP contribution in [-0.2, 0) is 12.8 Å². The van der Waals surface area contributed by atoms with E-state index in [1.165, 1.54) is 33.4 Å². The van der Waals surface area contributed by atoms with Crippen molar-refractivity contribution in [1.82, 2.24) is 10.2 Å². The molecule has 4 rings (SSSR count). The summed E-state index contributed by atoms with van der Waals surface area (Å²) in [4.78, 5) is 0. The Morgan fingerprint density at radius 3 is 2.73 bits per heavy atom. The van der Waals surface area contributed by atoms with Crippen molar-refractivity contribution in [2.45, 2.75) is 19.8 Å². The maximum atomic E-state index is 5.42. The van der Waals surface area contributed by atoms with Gasteiger partial charge < -0.3 is 4.74 Å². The van der Waals surface area contributed by atoms with E-state index >= 15 is 0 Å². The lowest BCUT2D eigenvalue weighted by Gasteiger charge is -2.10. The molecular weight excluding hydrogens is 272 g/mol. The minimum atomic E-state index is 0.964. The van der Waals surface area contributed by atoms with Gasteiger partial charge in [-0.1, -0.05) is 31.2 Å². The van der Waals surface area contributed by atoms with E-state index in [1.54, 1.807) is 7.11 Å². The number of hydrogen-bond donors (Lipinski definition) is 1. The minimum Gasteiger partial charge on any atom is -0.496 e. The van der Waals surface area contributed by atoms with Crippen LogP contribution in [0.1, 0.15) is 23.6 Å². The van der Waals surface area contributed by atoms with E-state index in [1.807, 2.05) is 6.20 Å². The molecule has 1 heterocycles. The molecule has 1 aromatic heterocycles. The summed E-state index contributed by atoms with van der Waals surface area (Å²) in [7, 11) is 1.73. The number of H-pyrrole nitrogens is 1. The number of methoxy groups -OCH3 is 1. The second-order valence-electron chi connectivity index (χ2n) is 5.69. The van der Waals surface area contributed by atoms with Gasteiger partial charge in [-0.3, -0.25) is 5.10 Å². The molecule has 0 fully saturated rings. The molecule has 110 valence electrons. The van der Waals surface area contributed by atoms with E-state index in [-0.39, 0.29) is 0 Å². The second-order valence-corrected chi connectivity index (χ2v) is 5.69. The van der Waals surface area contributed by atoms with Crippen molar-refractivity contribution in [3.05, 3.63) is 59.3 Å². The Morgan fingerprint density at radius 2 is 1.91 bits per heavy atom.